The first-order valence-electron chi connectivity index (χ1n) is 5.86. The molecular formula is C12H13N3O2S. The Hall–Kier alpha value is -1.56. The Morgan fingerprint density at radius 3 is 3.11 bits per heavy atom. The number of carboxylic acids is 1. The topological polar surface area (TPSA) is 68.0 Å². The number of carboxylic acid groups (broad SMARTS) is 1. The predicted molar refractivity (Wildman–Crippen MR) is 69.6 cm³/mol. The number of thioether (sulfide) groups is 1. The first-order valence-corrected chi connectivity index (χ1v) is 7.01. The summed E-state index contributed by atoms with van der Waals surface area (Å²) in [5.74, 6) is 0.936. The van der Waals surface area contributed by atoms with E-state index in [2.05, 4.69) is 14.5 Å². The van der Waals surface area contributed by atoms with Gasteiger partial charge in [0.05, 0.1) is 23.2 Å². The molecule has 0 aromatic carbocycles. The van der Waals surface area contributed by atoms with Crippen molar-refractivity contribution in [3.8, 4) is 0 Å². The van der Waals surface area contributed by atoms with Crippen LogP contribution in [0.25, 0.3) is 11.0 Å². The lowest BCUT2D eigenvalue weighted by atomic mass is 10.4. The summed E-state index contributed by atoms with van der Waals surface area (Å²) < 4.78 is 2.24. The number of imidazole rings is 1. The molecule has 2 aromatic rings. The van der Waals surface area contributed by atoms with E-state index >= 15 is 0 Å². The molecule has 0 radical (unpaired) electrons. The lowest BCUT2D eigenvalue weighted by molar-refractivity contribution is -0.133. The summed E-state index contributed by atoms with van der Waals surface area (Å²) in [6.07, 6.45) is 5.91. The quantitative estimate of drug-likeness (QED) is 0.894. The van der Waals surface area contributed by atoms with E-state index in [1.165, 1.54) is 24.6 Å². The molecular weight excluding hydrogens is 250 g/mol. The van der Waals surface area contributed by atoms with Gasteiger partial charge in [-0.15, -0.1) is 11.8 Å². The molecule has 6 heteroatoms. The molecule has 3 rings (SSSR count). The van der Waals surface area contributed by atoms with Crippen LogP contribution >= 0.6 is 11.8 Å². The number of nitrogens with zero attached hydrogens (tertiary/aromatic N) is 3. The number of carbonyl (C=O) groups is 1. The normalized spacial score (nSPS) is 15.1. The van der Waals surface area contributed by atoms with E-state index in [0.29, 0.717) is 11.8 Å². The standard InChI is InChI=1S/C12H13N3O2S/c16-12(17)7-18-6-11-14-9-5-13-4-3-10(9)15(11)8-1-2-8/h3-5,8H,1-2,6-7H2,(H,16,17). The highest BCUT2D eigenvalue weighted by atomic mass is 32.2. The van der Waals surface area contributed by atoms with E-state index in [4.69, 9.17) is 5.11 Å². The smallest absolute Gasteiger partial charge is 0.313 e. The molecule has 0 aliphatic heterocycles. The highest BCUT2D eigenvalue weighted by Gasteiger charge is 2.28. The minimum atomic E-state index is -0.782. The number of hydrogen-bond acceptors (Lipinski definition) is 4. The van der Waals surface area contributed by atoms with Gasteiger partial charge in [-0.1, -0.05) is 0 Å². The number of hydrogen-bond donors (Lipinski definition) is 1. The lowest BCUT2D eigenvalue weighted by Crippen LogP contribution is -2.03. The van der Waals surface area contributed by atoms with Crippen LogP contribution in [0, 0.1) is 0 Å². The van der Waals surface area contributed by atoms with Gasteiger partial charge in [-0.25, -0.2) is 4.98 Å². The van der Waals surface area contributed by atoms with Gasteiger partial charge in [-0.3, -0.25) is 9.78 Å². The van der Waals surface area contributed by atoms with Crippen LogP contribution in [0.2, 0.25) is 0 Å². The summed E-state index contributed by atoms with van der Waals surface area (Å²) in [6.45, 7) is 0. The van der Waals surface area contributed by atoms with Gasteiger partial charge in [0.15, 0.2) is 0 Å². The first kappa shape index (κ1) is 11.5. The highest BCUT2D eigenvalue weighted by Crippen LogP contribution is 2.39. The van der Waals surface area contributed by atoms with Gasteiger partial charge in [0.1, 0.15) is 11.3 Å². The zero-order chi connectivity index (χ0) is 12.5. The minimum Gasteiger partial charge on any atom is -0.481 e. The molecule has 0 saturated heterocycles. The fourth-order valence-electron chi connectivity index (χ4n) is 2.07. The Balaban J connectivity index is 1.90. The van der Waals surface area contributed by atoms with Crippen molar-refractivity contribution in [2.75, 3.05) is 5.75 Å². The number of rotatable bonds is 5. The van der Waals surface area contributed by atoms with E-state index < -0.39 is 5.97 Å². The summed E-state index contributed by atoms with van der Waals surface area (Å²) in [6, 6.07) is 2.52. The van der Waals surface area contributed by atoms with E-state index in [1.54, 1.807) is 12.4 Å². The molecule has 0 spiro atoms. The molecule has 0 amide bonds. The molecule has 5 nitrogen and oxygen atoms in total. The largest absolute Gasteiger partial charge is 0.481 e. The van der Waals surface area contributed by atoms with Crippen molar-refractivity contribution in [3.05, 3.63) is 24.3 Å². The molecule has 18 heavy (non-hydrogen) atoms. The highest BCUT2D eigenvalue weighted by molar-refractivity contribution is 7.99. The minimum absolute atomic E-state index is 0.117. The van der Waals surface area contributed by atoms with E-state index in [0.717, 1.165) is 16.9 Å². The third kappa shape index (κ3) is 2.20. The second-order valence-corrected chi connectivity index (χ2v) is 5.37. The second kappa shape index (κ2) is 4.61. The fraction of sp³-hybridized carbons (Fsp3) is 0.417. The van der Waals surface area contributed by atoms with Gasteiger partial charge in [0.25, 0.3) is 0 Å². The molecule has 1 saturated carbocycles. The maximum absolute atomic E-state index is 10.5. The van der Waals surface area contributed by atoms with Crippen LogP contribution in [0.1, 0.15) is 24.7 Å². The molecule has 1 fully saturated rings. The third-order valence-electron chi connectivity index (χ3n) is 2.93. The molecule has 2 aromatic heterocycles. The van der Waals surface area contributed by atoms with Gasteiger partial charge < -0.3 is 9.67 Å². The molecule has 1 aliphatic rings. The lowest BCUT2D eigenvalue weighted by Gasteiger charge is -2.06. The molecule has 1 aliphatic carbocycles. The molecule has 2 heterocycles. The van der Waals surface area contributed by atoms with Gasteiger partial charge in [0, 0.05) is 12.2 Å². The zero-order valence-corrected chi connectivity index (χ0v) is 10.6. The van der Waals surface area contributed by atoms with Crippen LogP contribution in [0.5, 0.6) is 0 Å². The van der Waals surface area contributed by atoms with Crippen LogP contribution in [0.3, 0.4) is 0 Å². The van der Waals surface area contributed by atoms with Crippen LogP contribution in [-0.2, 0) is 10.5 Å². The summed E-state index contributed by atoms with van der Waals surface area (Å²) >= 11 is 1.39. The molecule has 0 atom stereocenters. The molecule has 1 N–H and O–H groups in total. The van der Waals surface area contributed by atoms with Crippen molar-refractivity contribution in [2.45, 2.75) is 24.6 Å². The monoisotopic (exact) mass is 263 g/mol. The van der Waals surface area contributed by atoms with Crippen molar-refractivity contribution in [1.82, 2.24) is 14.5 Å². The first-order chi connectivity index (χ1) is 8.75. The van der Waals surface area contributed by atoms with Crippen molar-refractivity contribution >= 4 is 28.8 Å². The van der Waals surface area contributed by atoms with Crippen molar-refractivity contribution in [3.63, 3.8) is 0 Å². The molecule has 0 unspecified atom stereocenters. The number of aromatic nitrogens is 3. The van der Waals surface area contributed by atoms with Crippen molar-refractivity contribution < 1.29 is 9.90 Å². The van der Waals surface area contributed by atoms with E-state index in [1.807, 2.05) is 6.07 Å². The Labute approximate surface area is 108 Å². The van der Waals surface area contributed by atoms with Crippen molar-refractivity contribution in [1.29, 1.82) is 0 Å². The van der Waals surface area contributed by atoms with Crippen molar-refractivity contribution in [2.24, 2.45) is 0 Å². The average Bonchev–Trinajstić information content (AvgIpc) is 3.10. The SMILES string of the molecule is O=C(O)CSCc1nc2cnccc2n1C1CC1. The van der Waals surface area contributed by atoms with E-state index in [-0.39, 0.29) is 5.75 Å². The predicted octanol–water partition coefficient (Wildman–Crippen LogP) is 2.08. The fourth-order valence-corrected chi connectivity index (χ4v) is 2.74. The van der Waals surface area contributed by atoms with Gasteiger partial charge in [-0.05, 0) is 18.9 Å². The van der Waals surface area contributed by atoms with Gasteiger partial charge >= 0.3 is 5.97 Å². The summed E-state index contributed by atoms with van der Waals surface area (Å²) in [5, 5.41) is 8.66. The maximum atomic E-state index is 10.5. The number of fused-ring (bicyclic) bond motifs is 1. The zero-order valence-electron chi connectivity index (χ0n) is 9.74. The van der Waals surface area contributed by atoms with Crippen LogP contribution in [0.4, 0.5) is 0 Å². The van der Waals surface area contributed by atoms with Crippen LogP contribution < -0.4 is 0 Å². The molecule has 0 bridgehead atoms. The summed E-state index contributed by atoms with van der Waals surface area (Å²) in [7, 11) is 0. The Morgan fingerprint density at radius 2 is 2.39 bits per heavy atom. The van der Waals surface area contributed by atoms with Gasteiger partial charge in [0.2, 0.25) is 0 Å². The Morgan fingerprint density at radius 1 is 1.56 bits per heavy atom. The maximum Gasteiger partial charge on any atom is 0.313 e. The Bertz CT molecular complexity index is 592. The third-order valence-corrected chi connectivity index (χ3v) is 3.85. The van der Waals surface area contributed by atoms with Gasteiger partial charge in [-0.2, -0.15) is 0 Å². The van der Waals surface area contributed by atoms with Crippen LogP contribution in [0.15, 0.2) is 18.5 Å². The van der Waals surface area contributed by atoms with E-state index in [9.17, 15) is 4.79 Å². The average molecular weight is 263 g/mol. The van der Waals surface area contributed by atoms with Crippen LogP contribution in [-0.4, -0.2) is 31.4 Å². The second-order valence-electron chi connectivity index (χ2n) is 4.38. The Kier molecular flexibility index (Phi) is 2.95. The summed E-state index contributed by atoms with van der Waals surface area (Å²) in [5.41, 5.74) is 2.01. The number of aliphatic carboxylic acids is 1. The molecule has 94 valence electrons. The summed E-state index contributed by atoms with van der Waals surface area (Å²) in [4.78, 5) is 19.2. The number of pyridine rings is 1.